The number of carboxylic acid groups (broad SMARTS) is 1. The fraction of sp³-hybridized carbons (Fsp3) is 0.364. The molecule has 0 aliphatic heterocycles. The SMILES string of the molecule is CCON=C(COc1ccc(CC(OCC)C(=O)O)cc1)c1ccc(C(F)(F)F)cc1. The van der Waals surface area contributed by atoms with Gasteiger partial charge in [-0.15, -0.1) is 0 Å². The van der Waals surface area contributed by atoms with Gasteiger partial charge in [0.1, 0.15) is 24.7 Å². The van der Waals surface area contributed by atoms with Crippen LogP contribution in [0.2, 0.25) is 0 Å². The Morgan fingerprint density at radius 3 is 2.19 bits per heavy atom. The molecule has 9 heteroatoms. The van der Waals surface area contributed by atoms with Crippen molar-refractivity contribution in [3.05, 3.63) is 65.2 Å². The van der Waals surface area contributed by atoms with Crippen LogP contribution in [0.4, 0.5) is 13.2 Å². The molecule has 0 amide bonds. The van der Waals surface area contributed by atoms with Crippen LogP contribution in [0.25, 0.3) is 0 Å². The maximum atomic E-state index is 12.8. The maximum Gasteiger partial charge on any atom is 0.416 e. The normalized spacial score (nSPS) is 13.0. The van der Waals surface area contributed by atoms with Crippen molar-refractivity contribution >= 4 is 11.7 Å². The number of halogens is 3. The summed E-state index contributed by atoms with van der Waals surface area (Å²) in [6.07, 6.45) is -5.14. The largest absolute Gasteiger partial charge is 0.487 e. The Morgan fingerprint density at radius 2 is 1.68 bits per heavy atom. The van der Waals surface area contributed by atoms with Crippen molar-refractivity contribution in [3.63, 3.8) is 0 Å². The lowest BCUT2D eigenvalue weighted by Crippen LogP contribution is -2.26. The second-order valence-corrected chi connectivity index (χ2v) is 6.45. The molecule has 0 aliphatic rings. The average molecular weight is 439 g/mol. The quantitative estimate of drug-likeness (QED) is 0.410. The third kappa shape index (κ3) is 7.60. The molecule has 0 aromatic heterocycles. The van der Waals surface area contributed by atoms with Gasteiger partial charge in [-0.05, 0) is 43.7 Å². The molecular formula is C22H24F3NO5. The summed E-state index contributed by atoms with van der Waals surface area (Å²) < 4.78 is 49.2. The van der Waals surface area contributed by atoms with Crippen LogP contribution in [0.3, 0.4) is 0 Å². The number of alkyl halides is 3. The number of carboxylic acids is 1. The van der Waals surface area contributed by atoms with Crippen LogP contribution in [-0.2, 0) is 27.0 Å². The summed E-state index contributed by atoms with van der Waals surface area (Å²) in [4.78, 5) is 16.3. The van der Waals surface area contributed by atoms with Crippen LogP contribution < -0.4 is 4.74 Å². The number of nitrogens with zero attached hydrogens (tertiary/aromatic N) is 1. The molecular weight excluding hydrogens is 415 g/mol. The van der Waals surface area contributed by atoms with Crippen LogP contribution in [-0.4, -0.2) is 42.7 Å². The van der Waals surface area contributed by atoms with E-state index in [1.807, 2.05) is 0 Å². The van der Waals surface area contributed by atoms with Gasteiger partial charge in [0.15, 0.2) is 6.10 Å². The minimum absolute atomic E-state index is 0.0264. The highest BCUT2D eigenvalue weighted by Crippen LogP contribution is 2.29. The second-order valence-electron chi connectivity index (χ2n) is 6.45. The molecule has 0 spiro atoms. The van der Waals surface area contributed by atoms with Crippen molar-refractivity contribution in [1.29, 1.82) is 0 Å². The van der Waals surface area contributed by atoms with Crippen molar-refractivity contribution < 1.29 is 37.4 Å². The van der Waals surface area contributed by atoms with Crippen LogP contribution in [0, 0.1) is 0 Å². The first kappa shape index (κ1) is 24.2. The summed E-state index contributed by atoms with van der Waals surface area (Å²) in [5.41, 5.74) is 0.787. The van der Waals surface area contributed by atoms with Crippen LogP contribution in [0.5, 0.6) is 5.75 Å². The van der Waals surface area contributed by atoms with Gasteiger partial charge in [-0.3, -0.25) is 0 Å². The Kier molecular flexibility index (Phi) is 8.87. The molecule has 0 saturated heterocycles. The molecule has 0 radical (unpaired) electrons. The highest BCUT2D eigenvalue weighted by atomic mass is 19.4. The van der Waals surface area contributed by atoms with Crippen molar-refractivity contribution in [2.75, 3.05) is 19.8 Å². The van der Waals surface area contributed by atoms with Crippen molar-refractivity contribution in [2.45, 2.75) is 32.5 Å². The van der Waals surface area contributed by atoms with Crippen LogP contribution in [0.1, 0.15) is 30.5 Å². The van der Waals surface area contributed by atoms with Crippen LogP contribution in [0.15, 0.2) is 53.7 Å². The Bertz CT molecular complexity index is 864. The number of ether oxygens (including phenoxy) is 2. The molecule has 0 heterocycles. The van der Waals surface area contributed by atoms with Crippen molar-refractivity contribution in [2.24, 2.45) is 5.16 Å². The van der Waals surface area contributed by atoms with Gasteiger partial charge in [0.2, 0.25) is 0 Å². The summed E-state index contributed by atoms with van der Waals surface area (Å²) in [7, 11) is 0. The summed E-state index contributed by atoms with van der Waals surface area (Å²) in [6.45, 7) is 4.03. The van der Waals surface area contributed by atoms with E-state index in [1.165, 1.54) is 12.1 Å². The Balaban J connectivity index is 2.06. The third-order valence-electron chi connectivity index (χ3n) is 4.21. The van der Waals surface area contributed by atoms with Gasteiger partial charge in [0.25, 0.3) is 0 Å². The predicted octanol–water partition coefficient (Wildman–Crippen LogP) is 4.56. The van der Waals surface area contributed by atoms with E-state index in [4.69, 9.17) is 19.4 Å². The molecule has 1 unspecified atom stereocenters. The van der Waals surface area contributed by atoms with Gasteiger partial charge in [0, 0.05) is 18.6 Å². The molecule has 31 heavy (non-hydrogen) atoms. The summed E-state index contributed by atoms with van der Waals surface area (Å²) in [5.74, 6) is -0.543. The van der Waals surface area contributed by atoms with Gasteiger partial charge in [-0.2, -0.15) is 13.2 Å². The van der Waals surface area contributed by atoms with E-state index in [1.54, 1.807) is 38.1 Å². The summed E-state index contributed by atoms with van der Waals surface area (Å²) in [5, 5.41) is 13.1. The van der Waals surface area contributed by atoms with Crippen LogP contribution >= 0.6 is 0 Å². The van der Waals surface area contributed by atoms with E-state index in [2.05, 4.69) is 5.16 Å². The fourth-order valence-corrected chi connectivity index (χ4v) is 2.66. The molecule has 2 aromatic carbocycles. The number of hydrogen-bond acceptors (Lipinski definition) is 5. The molecule has 0 fully saturated rings. The standard InChI is InChI=1S/C22H24F3NO5/c1-3-29-20(21(27)28)13-15-5-11-18(12-6-15)30-14-19(26-31-4-2)16-7-9-17(10-8-16)22(23,24)25/h5-12,20H,3-4,13-14H2,1-2H3,(H,27,28). The molecule has 168 valence electrons. The molecule has 1 atom stereocenters. The topological polar surface area (TPSA) is 77.3 Å². The summed E-state index contributed by atoms with van der Waals surface area (Å²) in [6, 6.07) is 11.4. The third-order valence-corrected chi connectivity index (χ3v) is 4.21. The average Bonchev–Trinajstić information content (AvgIpc) is 2.74. The lowest BCUT2D eigenvalue weighted by Gasteiger charge is -2.13. The van der Waals surface area contributed by atoms with E-state index in [0.29, 0.717) is 30.2 Å². The zero-order valence-electron chi connectivity index (χ0n) is 17.2. The number of benzene rings is 2. The zero-order chi connectivity index (χ0) is 22.9. The minimum Gasteiger partial charge on any atom is -0.487 e. The van der Waals surface area contributed by atoms with E-state index in [0.717, 1.165) is 17.7 Å². The fourth-order valence-electron chi connectivity index (χ4n) is 2.66. The van der Waals surface area contributed by atoms with E-state index >= 15 is 0 Å². The van der Waals surface area contributed by atoms with Gasteiger partial charge >= 0.3 is 12.1 Å². The monoisotopic (exact) mass is 439 g/mol. The van der Waals surface area contributed by atoms with E-state index in [9.17, 15) is 18.0 Å². The minimum atomic E-state index is -4.42. The zero-order valence-corrected chi connectivity index (χ0v) is 17.2. The first-order valence-electron chi connectivity index (χ1n) is 9.67. The molecule has 0 aliphatic carbocycles. The Labute approximate surface area is 178 Å². The molecule has 2 aromatic rings. The van der Waals surface area contributed by atoms with Gasteiger partial charge in [-0.25, -0.2) is 4.79 Å². The van der Waals surface area contributed by atoms with Crippen molar-refractivity contribution in [3.8, 4) is 5.75 Å². The second kappa shape index (κ2) is 11.4. The first-order valence-corrected chi connectivity index (χ1v) is 9.67. The molecule has 0 bridgehead atoms. The van der Waals surface area contributed by atoms with Gasteiger partial charge in [-0.1, -0.05) is 29.4 Å². The lowest BCUT2D eigenvalue weighted by molar-refractivity contribution is -0.150. The molecule has 2 rings (SSSR count). The molecule has 1 N–H and O–H groups in total. The highest BCUT2D eigenvalue weighted by molar-refractivity contribution is 6.01. The lowest BCUT2D eigenvalue weighted by atomic mass is 10.1. The van der Waals surface area contributed by atoms with Crippen molar-refractivity contribution in [1.82, 2.24) is 0 Å². The maximum absolute atomic E-state index is 12.8. The smallest absolute Gasteiger partial charge is 0.416 e. The molecule has 0 saturated carbocycles. The summed E-state index contributed by atoms with van der Waals surface area (Å²) >= 11 is 0. The Hall–Kier alpha value is -3.07. The number of hydrogen-bond donors (Lipinski definition) is 1. The van der Waals surface area contributed by atoms with Gasteiger partial charge in [0.05, 0.1) is 5.56 Å². The highest BCUT2D eigenvalue weighted by Gasteiger charge is 2.30. The van der Waals surface area contributed by atoms with E-state index in [-0.39, 0.29) is 13.0 Å². The predicted molar refractivity (Wildman–Crippen MR) is 108 cm³/mol. The van der Waals surface area contributed by atoms with Gasteiger partial charge < -0.3 is 19.4 Å². The van der Waals surface area contributed by atoms with E-state index < -0.39 is 23.8 Å². The number of rotatable bonds is 11. The number of oxime groups is 1. The number of aliphatic carboxylic acids is 1. The first-order chi connectivity index (χ1) is 14.7. The molecule has 6 nitrogen and oxygen atoms in total. The number of carbonyl (C=O) groups is 1. The Morgan fingerprint density at radius 1 is 1.03 bits per heavy atom.